The third-order valence-corrected chi connectivity index (χ3v) is 6.45. The van der Waals surface area contributed by atoms with E-state index in [1.165, 1.54) is 0 Å². The summed E-state index contributed by atoms with van der Waals surface area (Å²) in [7, 11) is 0. The molecular formula is C26H36F2O4. The second-order valence-corrected chi connectivity index (χ2v) is 9.29. The lowest BCUT2D eigenvalue weighted by atomic mass is 9.87. The molecule has 0 aromatic heterocycles. The van der Waals surface area contributed by atoms with Gasteiger partial charge in [-0.1, -0.05) is 12.2 Å². The lowest BCUT2D eigenvalue weighted by Gasteiger charge is -2.20. The molecule has 0 amide bonds. The minimum absolute atomic E-state index is 0.0417. The first-order valence-electron chi connectivity index (χ1n) is 12.0. The van der Waals surface area contributed by atoms with Crippen molar-refractivity contribution in [1.82, 2.24) is 0 Å². The molecule has 0 radical (unpaired) electrons. The van der Waals surface area contributed by atoms with Gasteiger partial charge in [-0.15, -0.1) is 0 Å². The molecular weight excluding hydrogens is 414 g/mol. The molecule has 4 nitrogen and oxygen atoms in total. The summed E-state index contributed by atoms with van der Waals surface area (Å²) < 4.78 is 43.6. The molecule has 2 aliphatic rings. The molecule has 1 heterocycles. The average Bonchev–Trinajstić information content (AvgIpc) is 3.01. The van der Waals surface area contributed by atoms with E-state index in [2.05, 4.69) is 12.2 Å². The highest BCUT2D eigenvalue weighted by molar-refractivity contribution is 5.69. The smallest absolute Gasteiger partial charge is 0.306 e. The second kappa shape index (κ2) is 12.3. The number of carbonyl (C=O) groups excluding carboxylic acids is 1. The predicted octanol–water partition coefficient (Wildman–Crippen LogP) is 6.23. The fourth-order valence-corrected chi connectivity index (χ4v) is 4.86. The summed E-state index contributed by atoms with van der Waals surface area (Å²) >= 11 is 0. The number of halogens is 2. The normalized spacial score (nSPS) is 25.7. The van der Waals surface area contributed by atoms with E-state index in [1.54, 1.807) is 0 Å². The average molecular weight is 451 g/mol. The maximum atomic E-state index is 13.6. The molecule has 2 fully saturated rings. The zero-order valence-electron chi connectivity index (χ0n) is 19.2. The van der Waals surface area contributed by atoms with Gasteiger partial charge in [-0.3, -0.25) is 4.79 Å². The van der Waals surface area contributed by atoms with E-state index in [0.717, 1.165) is 63.3 Å². The van der Waals surface area contributed by atoms with Crippen LogP contribution in [0.1, 0.15) is 65.2 Å². The molecule has 1 saturated carbocycles. The Morgan fingerprint density at radius 3 is 2.88 bits per heavy atom. The predicted molar refractivity (Wildman–Crippen MR) is 119 cm³/mol. The molecule has 0 N–H and O–H groups in total. The Bertz CT molecular complexity index is 764. The van der Waals surface area contributed by atoms with Gasteiger partial charge in [0.05, 0.1) is 18.8 Å². The summed E-state index contributed by atoms with van der Waals surface area (Å²) in [5, 5.41) is 0. The Hall–Kier alpha value is -1.95. The molecule has 3 rings (SSSR count). The SMILES string of the molecule is CC(C)OC(=O)CCC[C@H]1CC[C@H]2[C@H](CC[C@@H]2/C=C/CCOc2cc(F)ccc2F)OC1. The monoisotopic (exact) mass is 450 g/mol. The van der Waals surface area contributed by atoms with Gasteiger partial charge in [0.25, 0.3) is 0 Å². The van der Waals surface area contributed by atoms with Gasteiger partial charge in [0.1, 0.15) is 5.82 Å². The van der Waals surface area contributed by atoms with Crippen molar-refractivity contribution >= 4 is 5.97 Å². The van der Waals surface area contributed by atoms with Crippen LogP contribution in [0, 0.1) is 29.4 Å². The summed E-state index contributed by atoms with van der Waals surface area (Å²) in [6, 6.07) is 3.24. The van der Waals surface area contributed by atoms with Crippen LogP contribution >= 0.6 is 0 Å². The van der Waals surface area contributed by atoms with Crippen molar-refractivity contribution < 1.29 is 27.8 Å². The van der Waals surface area contributed by atoms with Crippen molar-refractivity contribution in [2.45, 2.75) is 77.4 Å². The van der Waals surface area contributed by atoms with Crippen LogP contribution in [0.2, 0.25) is 0 Å². The fourth-order valence-electron chi connectivity index (χ4n) is 4.86. The highest BCUT2D eigenvalue weighted by atomic mass is 19.1. The standard InChI is InChI=1S/C26H36F2O4/c1-18(2)32-26(29)8-5-6-19-9-12-22-20(10-14-24(22)31-17-19)7-3-4-15-30-25-16-21(27)11-13-23(25)28/h3,7,11,13,16,18-20,22,24H,4-6,8-10,12,14-15,17H2,1-2H3/b7-3+/t19-,20-,22+,24-/m0/s1. The molecule has 4 atom stereocenters. The van der Waals surface area contributed by atoms with Gasteiger partial charge < -0.3 is 14.2 Å². The van der Waals surface area contributed by atoms with Gasteiger partial charge in [0, 0.05) is 19.1 Å². The molecule has 178 valence electrons. The number of allylic oxidation sites excluding steroid dienone is 1. The summed E-state index contributed by atoms with van der Waals surface area (Å²) in [6.07, 6.45) is 12.1. The van der Waals surface area contributed by atoms with E-state index in [9.17, 15) is 13.6 Å². The minimum Gasteiger partial charge on any atom is -0.490 e. The first-order chi connectivity index (χ1) is 15.4. The van der Waals surface area contributed by atoms with E-state index in [-0.39, 0.29) is 17.8 Å². The zero-order valence-corrected chi connectivity index (χ0v) is 19.2. The molecule has 1 aliphatic heterocycles. The number of benzene rings is 1. The molecule has 0 bridgehead atoms. The Morgan fingerprint density at radius 1 is 1.22 bits per heavy atom. The largest absolute Gasteiger partial charge is 0.490 e. The fraction of sp³-hybridized carbons (Fsp3) is 0.654. The van der Waals surface area contributed by atoms with Gasteiger partial charge in [-0.25, -0.2) is 8.78 Å². The van der Waals surface area contributed by atoms with Gasteiger partial charge in [-0.2, -0.15) is 0 Å². The third-order valence-electron chi connectivity index (χ3n) is 6.45. The topological polar surface area (TPSA) is 44.8 Å². The molecule has 0 unspecified atom stereocenters. The molecule has 1 aliphatic carbocycles. The van der Waals surface area contributed by atoms with Crippen molar-refractivity contribution in [3.05, 3.63) is 42.0 Å². The molecule has 0 spiro atoms. The van der Waals surface area contributed by atoms with Gasteiger partial charge in [-0.05, 0) is 88.7 Å². The first kappa shape index (κ1) is 24.7. The quantitative estimate of drug-likeness (QED) is 0.241. The number of carbonyl (C=O) groups is 1. The Balaban J connectivity index is 1.38. The lowest BCUT2D eigenvalue weighted by molar-refractivity contribution is -0.147. The summed E-state index contributed by atoms with van der Waals surface area (Å²) in [5.41, 5.74) is 0. The van der Waals surface area contributed by atoms with E-state index >= 15 is 0 Å². The number of hydrogen-bond acceptors (Lipinski definition) is 4. The van der Waals surface area contributed by atoms with Crippen molar-refractivity contribution in [2.75, 3.05) is 13.2 Å². The molecule has 32 heavy (non-hydrogen) atoms. The zero-order chi connectivity index (χ0) is 22.9. The van der Waals surface area contributed by atoms with Crippen molar-refractivity contribution in [2.24, 2.45) is 17.8 Å². The van der Waals surface area contributed by atoms with Crippen LogP contribution in [-0.4, -0.2) is 31.4 Å². The van der Waals surface area contributed by atoms with Gasteiger partial charge in [0.2, 0.25) is 0 Å². The van der Waals surface area contributed by atoms with Crippen LogP contribution in [0.4, 0.5) is 8.78 Å². The highest BCUT2D eigenvalue weighted by Gasteiger charge is 2.37. The number of rotatable bonds is 10. The van der Waals surface area contributed by atoms with Crippen molar-refractivity contribution in [3.8, 4) is 5.75 Å². The van der Waals surface area contributed by atoms with Crippen LogP contribution in [-0.2, 0) is 14.3 Å². The number of fused-ring (bicyclic) bond motifs is 1. The van der Waals surface area contributed by atoms with E-state index < -0.39 is 11.6 Å². The summed E-state index contributed by atoms with van der Waals surface area (Å²) in [6.45, 7) is 4.84. The molecule has 1 aromatic rings. The minimum atomic E-state index is -0.545. The van der Waals surface area contributed by atoms with Crippen LogP contribution in [0.5, 0.6) is 5.75 Å². The highest BCUT2D eigenvalue weighted by Crippen LogP contribution is 2.41. The Labute approximate surface area is 190 Å². The summed E-state index contributed by atoms with van der Waals surface area (Å²) in [5.74, 6) is 0.328. The Kier molecular flexibility index (Phi) is 9.51. The van der Waals surface area contributed by atoms with Crippen LogP contribution in [0.15, 0.2) is 30.4 Å². The van der Waals surface area contributed by atoms with E-state index in [0.29, 0.717) is 43.3 Å². The van der Waals surface area contributed by atoms with E-state index in [4.69, 9.17) is 14.2 Å². The van der Waals surface area contributed by atoms with Crippen molar-refractivity contribution in [3.63, 3.8) is 0 Å². The van der Waals surface area contributed by atoms with Crippen molar-refractivity contribution in [1.29, 1.82) is 0 Å². The lowest BCUT2D eigenvalue weighted by Crippen LogP contribution is -2.20. The van der Waals surface area contributed by atoms with Crippen LogP contribution in [0.3, 0.4) is 0 Å². The van der Waals surface area contributed by atoms with Gasteiger partial charge in [0.15, 0.2) is 11.6 Å². The molecule has 6 heteroatoms. The maximum absolute atomic E-state index is 13.6. The number of esters is 1. The van der Waals surface area contributed by atoms with E-state index in [1.807, 2.05) is 13.8 Å². The van der Waals surface area contributed by atoms with Crippen LogP contribution < -0.4 is 4.74 Å². The Morgan fingerprint density at radius 2 is 2.06 bits per heavy atom. The maximum Gasteiger partial charge on any atom is 0.306 e. The number of hydrogen-bond donors (Lipinski definition) is 0. The van der Waals surface area contributed by atoms with Gasteiger partial charge >= 0.3 is 5.97 Å². The number of ether oxygens (including phenoxy) is 3. The second-order valence-electron chi connectivity index (χ2n) is 9.29. The first-order valence-corrected chi connectivity index (χ1v) is 12.0. The van der Waals surface area contributed by atoms with Crippen LogP contribution in [0.25, 0.3) is 0 Å². The third kappa shape index (κ3) is 7.58. The molecule has 1 aromatic carbocycles. The molecule has 1 saturated heterocycles. The summed E-state index contributed by atoms with van der Waals surface area (Å²) in [4.78, 5) is 11.7.